The summed E-state index contributed by atoms with van der Waals surface area (Å²) in [5.74, 6) is 0. The number of benzene rings is 1. The van der Waals surface area contributed by atoms with Crippen LogP contribution in [0.25, 0.3) is 0 Å². The second kappa shape index (κ2) is 7.84. The Balaban J connectivity index is 3.00. The van der Waals surface area contributed by atoms with Crippen LogP contribution in [0.3, 0.4) is 0 Å². The van der Waals surface area contributed by atoms with Gasteiger partial charge in [0.15, 0.2) is 0 Å². The van der Waals surface area contributed by atoms with Crippen molar-refractivity contribution in [2.75, 3.05) is 0 Å². The third-order valence-electron chi connectivity index (χ3n) is 3.07. The zero-order valence-electron chi connectivity index (χ0n) is 13.0. The topological polar surface area (TPSA) is 43.2 Å². The first-order chi connectivity index (χ1) is 9.51. The fourth-order valence-electron chi connectivity index (χ4n) is 1.32. The van der Waals surface area contributed by atoms with Crippen LogP contribution in [0.4, 0.5) is 0 Å². The molecule has 4 nitrogen and oxygen atoms in total. The van der Waals surface area contributed by atoms with Gasteiger partial charge in [0.25, 0.3) is 0 Å². The second-order valence-electron chi connectivity index (χ2n) is 4.85. The number of hydrogen-bond donors (Lipinski definition) is 0. The van der Waals surface area contributed by atoms with Crippen molar-refractivity contribution in [1.29, 1.82) is 0 Å². The van der Waals surface area contributed by atoms with Crippen LogP contribution in [0.5, 0.6) is 0 Å². The Kier molecular flexibility index (Phi) is 6.44. The summed E-state index contributed by atoms with van der Waals surface area (Å²) < 4.78 is 11.5. The van der Waals surface area contributed by atoms with Gasteiger partial charge in [-0.25, -0.2) is 0 Å². The van der Waals surface area contributed by atoms with Crippen molar-refractivity contribution in [2.24, 2.45) is 10.3 Å². The van der Waals surface area contributed by atoms with E-state index in [0.717, 1.165) is 29.5 Å². The maximum atomic E-state index is 5.76. The minimum absolute atomic E-state index is 0.858. The molecule has 0 bridgehead atoms. The lowest BCUT2D eigenvalue weighted by atomic mass is 10.3. The monoisotopic (exact) mass is 292 g/mol. The standard InChI is InChI=1S/C15H24N2O2Si/c1-6-13(3)16-18-20(5,19-17-14(4)7-2)15-11-9-8-10-12-15/h8-12H,6-7H2,1-5H3/b16-13-,17-14-. The van der Waals surface area contributed by atoms with Crippen LogP contribution in [-0.2, 0) is 9.05 Å². The largest absolute Gasteiger partial charge is 0.538 e. The maximum Gasteiger partial charge on any atom is 0.538 e. The molecule has 0 aliphatic carbocycles. The molecule has 20 heavy (non-hydrogen) atoms. The minimum atomic E-state index is -2.66. The Morgan fingerprint density at radius 1 is 0.950 bits per heavy atom. The predicted octanol–water partition coefficient (Wildman–Crippen LogP) is 3.57. The van der Waals surface area contributed by atoms with Gasteiger partial charge in [0, 0.05) is 11.7 Å². The lowest BCUT2D eigenvalue weighted by Crippen LogP contribution is -2.49. The molecule has 110 valence electrons. The molecular weight excluding hydrogens is 268 g/mol. The van der Waals surface area contributed by atoms with E-state index in [9.17, 15) is 0 Å². The molecule has 0 N–H and O–H groups in total. The van der Waals surface area contributed by atoms with E-state index in [1.54, 1.807) is 0 Å². The molecule has 0 aromatic heterocycles. The normalized spacial score (nSPS) is 15.7. The molecule has 0 fully saturated rings. The van der Waals surface area contributed by atoms with Crippen LogP contribution in [0.15, 0.2) is 40.6 Å². The van der Waals surface area contributed by atoms with Gasteiger partial charge in [-0.05, 0) is 26.7 Å². The van der Waals surface area contributed by atoms with E-state index in [1.807, 2.05) is 64.6 Å². The van der Waals surface area contributed by atoms with Crippen LogP contribution in [0.2, 0.25) is 6.55 Å². The van der Waals surface area contributed by atoms with E-state index < -0.39 is 8.56 Å². The van der Waals surface area contributed by atoms with Gasteiger partial charge in [0.05, 0.1) is 11.4 Å². The van der Waals surface area contributed by atoms with Gasteiger partial charge in [-0.1, -0.05) is 44.2 Å². The van der Waals surface area contributed by atoms with Gasteiger partial charge in [-0.15, -0.1) is 10.3 Å². The molecule has 0 amide bonds. The summed E-state index contributed by atoms with van der Waals surface area (Å²) in [4.78, 5) is 0. The fraction of sp³-hybridized carbons (Fsp3) is 0.467. The van der Waals surface area contributed by atoms with Crippen LogP contribution >= 0.6 is 0 Å². The zero-order chi connectivity index (χ0) is 15.0. The molecule has 0 aliphatic heterocycles. The Bertz CT molecular complexity index is 450. The lowest BCUT2D eigenvalue weighted by molar-refractivity contribution is 0.198. The highest BCUT2D eigenvalue weighted by Crippen LogP contribution is 2.10. The highest BCUT2D eigenvalue weighted by molar-refractivity contribution is 6.79. The molecule has 0 aliphatic rings. The summed E-state index contributed by atoms with van der Waals surface area (Å²) in [6, 6.07) is 9.92. The highest BCUT2D eigenvalue weighted by Gasteiger charge is 2.40. The molecule has 1 rings (SSSR count). The highest BCUT2D eigenvalue weighted by atomic mass is 28.4. The molecule has 0 unspecified atom stereocenters. The summed E-state index contributed by atoms with van der Waals surface area (Å²) >= 11 is 0. The number of hydrogen-bond acceptors (Lipinski definition) is 4. The molecule has 1 aromatic carbocycles. The average molecular weight is 292 g/mol. The van der Waals surface area contributed by atoms with Crippen molar-refractivity contribution in [3.05, 3.63) is 30.3 Å². The fourth-order valence-corrected chi connectivity index (χ4v) is 3.02. The Morgan fingerprint density at radius 2 is 1.40 bits per heavy atom. The Morgan fingerprint density at radius 3 is 1.80 bits per heavy atom. The van der Waals surface area contributed by atoms with Gasteiger partial charge in [-0.2, -0.15) is 0 Å². The van der Waals surface area contributed by atoms with E-state index in [-0.39, 0.29) is 0 Å². The van der Waals surface area contributed by atoms with Crippen LogP contribution in [0, 0.1) is 0 Å². The number of rotatable bonds is 7. The van der Waals surface area contributed by atoms with Crippen LogP contribution in [-0.4, -0.2) is 20.0 Å². The quantitative estimate of drug-likeness (QED) is 0.438. The second-order valence-corrected chi connectivity index (χ2v) is 7.69. The predicted molar refractivity (Wildman–Crippen MR) is 86.7 cm³/mol. The van der Waals surface area contributed by atoms with Gasteiger partial charge in [0.2, 0.25) is 0 Å². The van der Waals surface area contributed by atoms with Crippen molar-refractivity contribution in [1.82, 2.24) is 0 Å². The van der Waals surface area contributed by atoms with Crippen LogP contribution < -0.4 is 5.19 Å². The maximum absolute atomic E-state index is 5.76. The molecule has 1 aromatic rings. The summed E-state index contributed by atoms with van der Waals surface area (Å²) in [5.41, 5.74) is 1.89. The van der Waals surface area contributed by atoms with E-state index in [1.165, 1.54) is 0 Å². The molecule has 0 saturated carbocycles. The molecule has 0 atom stereocenters. The summed E-state index contributed by atoms with van der Waals surface area (Å²) in [6.45, 7) is 9.94. The van der Waals surface area contributed by atoms with Gasteiger partial charge in [0.1, 0.15) is 0 Å². The first kappa shape index (κ1) is 16.4. The molecular formula is C15H24N2O2Si. The van der Waals surface area contributed by atoms with E-state index >= 15 is 0 Å². The Hall–Kier alpha value is -1.62. The molecule has 0 heterocycles. The SMILES string of the molecule is CC/C(C)=N\O[Si](C)(O/N=C(/C)CC)c1ccccc1. The van der Waals surface area contributed by atoms with Crippen molar-refractivity contribution >= 4 is 25.2 Å². The number of nitrogens with zero attached hydrogens (tertiary/aromatic N) is 2. The van der Waals surface area contributed by atoms with Crippen molar-refractivity contribution in [3.8, 4) is 0 Å². The summed E-state index contributed by atoms with van der Waals surface area (Å²) in [7, 11) is -2.66. The van der Waals surface area contributed by atoms with Crippen molar-refractivity contribution in [3.63, 3.8) is 0 Å². The average Bonchev–Trinajstić information content (AvgIpc) is 2.51. The molecule has 0 radical (unpaired) electrons. The van der Waals surface area contributed by atoms with Gasteiger partial charge < -0.3 is 9.05 Å². The van der Waals surface area contributed by atoms with E-state index in [2.05, 4.69) is 10.3 Å². The molecule has 5 heteroatoms. The first-order valence-corrected chi connectivity index (χ1v) is 9.32. The Labute approximate surface area is 122 Å². The van der Waals surface area contributed by atoms with E-state index in [0.29, 0.717) is 0 Å². The van der Waals surface area contributed by atoms with E-state index in [4.69, 9.17) is 9.05 Å². The lowest BCUT2D eigenvalue weighted by Gasteiger charge is -2.22. The molecule has 0 spiro atoms. The summed E-state index contributed by atoms with van der Waals surface area (Å²) in [5, 5.41) is 9.37. The summed E-state index contributed by atoms with van der Waals surface area (Å²) in [6.07, 6.45) is 1.72. The molecule has 0 saturated heterocycles. The van der Waals surface area contributed by atoms with Gasteiger partial charge in [-0.3, -0.25) is 0 Å². The first-order valence-electron chi connectivity index (χ1n) is 7.00. The number of oxime groups is 2. The smallest absolute Gasteiger partial charge is 0.403 e. The minimum Gasteiger partial charge on any atom is -0.403 e. The third kappa shape index (κ3) is 4.81. The third-order valence-corrected chi connectivity index (χ3v) is 5.33. The van der Waals surface area contributed by atoms with Crippen molar-refractivity contribution < 1.29 is 9.05 Å². The zero-order valence-corrected chi connectivity index (χ0v) is 14.0. The van der Waals surface area contributed by atoms with Crippen LogP contribution in [0.1, 0.15) is 40.5 Å². The van der Waals surface area contributed by atoms with Gasteiger partial charge >= 0.3 is 8.56 Å². The van der Waals surface area contributed by atoms with Crippen molar-refractivity contribution in [2.45, 2.75) is 47.1 Å².